The third-order valence-electron chi connectivity index (χ3n) is 2.30. The minimum atomic E-state index is -0.391. The first kappa shape index (κ1) is 13.4. The maximum Gasteiger partial charge on any atom is 0.275 e. The Hall–Kier alpha value is -2.05. The van der Waals surface area contributed by atoms with E-state index in [2.05, 4.69) is 15.3 Å². The Kier molecular flexibility index (Phi) is 4.03. The van der Waals surface area contributed by atoms with Crippen LogP contribution in [0.1, 0.15) is 16.1 Å². The number of benzene rings is 1. The Morgan fingerprint density at radius 3 is 2.74 bits per heavy atom. The van der Waals surface area contributed by atoms with Gasteiger partial charge in [-0.2, -0.15) is 0 Å². The van der Waals surface area contributed by atoms with Crippen LogP contribution in [0.5, 0.6) is 0 Å². The van der Waals surface area contributed by atoms with Crippen molar-refractivity contribution in [2.24, 2.45) is 5.73 Å². The van der Waals surface area contributed by atoms with Gasteiger partial charge in [0, 0.05) is 18.0 Å². The van der Waals surface area contributed by atoms with Crippen molar-refractivity contribution < 1.29 is 4.79 Å². The predicted molar refractivity (Wildman–Crippen MR) is 77.3 cm³/mol. The van der Waals surface area contributed by atoms with Gasteiger partial charge in [0.15, 0.2) is 0 Å². The van der Waals surface area contributed by atoms with Gasteiger partial charge in [-0.05, 0) is 18.2 Å². The Bertz CT molecular complexity index is 633. The van der Waals surface area contributed by atoms with Gasteiger partial charge in [-0.15, -0.1) is 0 Å². The Morgan fingerprint density at radius 2 is 2.16 bits per heavy atom. The average molecular weight is 293 g/mol. The zero-order valence-corrected chi connectivity index (χ0v) is 11.2. The normalized spacial score (nSPS) is 9.95. The lowest BCUT2D eigenvalue weighted by Crippen LogP contribution is -2.15. The first-order valence-electron chi connectivity index (χ1n) is 5.24. The van der Waals surface area contributed by atoms with Gasteiger partial charge in [-0.1, -0.05) is 23.8 Å². The predicted octanol–water partition coefficient (Wildman–Crippen LogP) is 2.02. The van der Waals surface area contributed by atoms with Crippen molar-refractivity contribution in [2.75, 3.05) is 5.32 Å². The minimum Gasteiger partial charge on any atom is -0.389 e. The van der Waals surface area contributed by atoms with Crippen molar-refractivity contribution >= 4 is 40.4 Å². The van der Waals surface area contributed by atoms with Crippen LogP contribution in [-0.4, -0.2) is 20.9 Å². The summed E-state index contributed by atoms with van der Waals surface area (Å²) in [6, 6.07) is 4.90. The number of amides is 1. The highest BCUT2D eigenvalue weighted by Crippen LogP contribution is 2.23. The van der Waals surface area contributed by atoms with E-state index in [0.29, 0.717) is 16.3 Å². The van der Waals surface area contributed by atoms with Gasteiger partial charge in [-0.25, -0.2) is 4.98 Å². The smallest absolute Gasteiger partial charge is 0.275 e. The number of hydrogen-bond donors (Lipinski definition) is 2. The van der Waals surface area contributed by atoms with E-state index in [4.69, 9.17) is 29.6 Å². The van der Waals surface area contributed by atoms with Crippen LogP contribution in [0.25, 0.3) is 0 Å². The number of aromatic nitrogens is 2. The fraction of sp³-hybridized carbons (Fsp3) is 0. The van der Waals surface area contributed by atoms with Gasteiger partial charge in [0.05, 0.1) is 16.9 Å². The molecule has 3 N–H and O–H groups in total. The van der Waals surface area contributed by atoms with Crippen LogP contribution in [0, 0.1) is 0 Å². The largest absolute Gasteiger partial charge is 0.389 e. The average Bonchev–Trinajstić information content (AvgIpc) is 2.41. The number of carbonyl (C=O) groups excluding carboxylic acids is 1. The highest BCUT2D eigenvalue weighted by Gasteiger charge is 2.10. The molecule has 5 nitrogen and oxygen atoms in total. The van der Waals surface area contributed by atoms with Crippen LogP contribution in [-0.2, 0) is 0 Å². The summed E-state index contributed by atoms with van der Waals surface area (Å²) >= 11 is 10.9. The fourth-order valence-corrected chi connectivity index (χ4v) is 1.73. The SMILES string of the molecule is NC(=S)c1ccc(NC(=O)c2cnccn2)c(Cl)c1. The van der Waals surface area contributed by atoms with Crippen molar-refractivity contribution in [1.29, 1.82) is 0 Å². The molecule has 0 aliphatic heterocycles. The summed E-state index contributed by atoms with van der Waals surface area (Å²) in [5.74, 6) is -0.391. The molecule has 2 aromatic rings. The van der Waals surface area contributed by atoms with E-state index in [0.717, 1.165) is 0 Å². The Morgan fingerprint density at radius 1 is 1.37 bits per heavy atom. The van der Waals surface area contributed by atoms with Crippen LogP contribution in [0.15, 0.2) is 36.8 Å². The van der Waals surface area contributed by atoms with Gasteiger partial charge >= 0.3 is 0 Å². The molecule has 0 aliphatic carbocycles. The van der Waals surface area contributed by atoms with Crippen molar-refractivity contribution in [3.63, 3.8) is 0 Å². The first-order chi connectivity index (χ1) is 9.08. The standard InChI is InChI=1S/C12H9ClN4OS/c13-8-5-7(11(14)19)1-2-9(8)17-12(18)10-6-15-3-4-16-10/h1-6H,(H2,14,19)(H,17,18). The molecule has 96 valence electrons. The molecule has 0 atom stereocenters. The number of hydrogen-bond acceptors (Lipinski definition) is 4. The molecule has 0 fully saturated rings. The number of anilines is 1. The van der Waals surface area contributed by atoms with E-state index < -0.39 is 5.91 Å². The lowest BCUT2D eigenvalue weighted by atomic mass is 10.2. The van der Waals surface area contributed by atoms with Crippen LogP contribution >= 0.6 is 23.8 Å². The molecular formula is C12H9ClN4OS. The molecule has 2 rings (SSSR count). The summed E-state index contributed by atoms with van der Waals surface area (Å²) in [4.78, 5) is 19.8. The first-order valence-corrected chi connectivity index (χ1v) is 6.03. The van der Waals surface area contributed by atoms with Gasteiger partial charge in [0.25, 0.3) is 5.91 Å². The maximum absolute atomic E-state index is 11.9. The molecule has 1 aromatic carbocycles. The third-order valence-corrected chi connectivity index (χ3v) is 2.85. The topological polar surface area (TPSA) is 80.9 Å². The zero-order chi connectivity index (χ0) is 13.8. The number of nitrogens with two attached hydrogens (primary N) is 1. The number of halogens is 1. The second kappa shape index (κ2) is 5.73. The quantitative estimate of drug-likeness (QED) is 0.846. The van der Waals surface area contributed by atoms with Crippen molar-refractivity contribution in [1.82, 2.24) is 9.97 Å². The highest BCUT2D eigenvalue weighted by molar-refractivity contribution is 7.80. The zero-order valence-electron chi connectivity index (χ0n) is 9.63. The van der Waals surface area contributed by atoms with Gasteiger partial charge in [0.1, 0.15) is 10.7 Å². The molecule has 0 aliphatic rings. The van der Waals surface area contributed by atoms with E-state index in [9.17, 15) is 4.79 Å². The lowest BCUT2D eigenvalue weighted by molar-refractivity contribution is 0.102. The molecule has 1 heterocycles. The van der Waals surface area contributed by atoms with E-state index in [1.54, 1.807) is 18.2 Å². The number of carbonyl (C=O) groups is 1. The molecule has 19 heavy (non-hydrogen) atoms. The molecule has 0 radical (unpaired) electrons. The third kappa shape index (κ3) is 3.24. The fourth-order valence-electron chi connectivity index (χ4n) is 1.37. The van der Waals surface area contributed by atoms with Crippen molar-refractivity contribution in [2.45, 2.75) is 0 Å². The molecule has 0 bridgehead atoms. The van der Waals surface area contributed by atoms with Crippen molar-refractivity contribution in [3.8, 4) is 0 Å². The van der Waals surface area contributed by atoms with E-state index >= 15 is 0 Å². The number of rotatable bonds is 3. The number of nitrogens with one attached hydrogen (secondary N) is 1. The van der Waals surface area contributed by atoms with Gasteiger partial charge < -0.3 is 11.1 Å². The Labute approximate surface area is 119 Å². The highest BCUT2D eigenvalue weighted by atomic mass is 35.5. The van der Waals surface area contributed by atoms with E-state index in [1.807, 2.05) is 0 Å². The molecule has 0 unspecified atom stereocenters. The van der Waals surface area contributed by atoms with E-state index in [-0.39, 0.29) is 10.7 Å². The molecule has 0 spiro atoms. The number of thiocarbonyl (C=S) groups is 1. The molecular weight excluding hydrogens is 284 g/mol. The van der Waals surface area contributed by atoms with E-state index in [1.165, 1.54) is 18.6 Å². The Balaban J connectivity index is 2.20. The summed E-state index contributed by atoms with van der Waals surface area (Å²) in [5.41, 5.74) is 6.79. The van der Waals surface area contributed by atoms with Gasteiger partial charge in [-0.3, -0.25) is 9.78 Å². The number of nitrogens with zero attached hydrogens (tertiary/aromatic N) is 2. The summed E-state index contributed by atoms with van der Waals surface area (Å²) in [7, 11) is 0. The summed E-state index contributed by atoms with van der Waals surface area (Å²) in [6.07, 6.45) is 4.29. The minimum absolute atomic E-state index is 0.206. The molecule has 0 saturated carbocycles. The van der Waals surface area contributed by atoms with Crippen LogP contribution in [0.4, 0.5) is 5.69 Å². The van der Waals surface area contributed by atoms with Crippen LogP contribution < -0.4 is 11.1 Å². The summed E-state index contributed by atoms with van der Waals surface area (Å²) in [6.45, 7) is 0. The monoisotopic (exact) mass is 292 g/mol. The van der Waals surface area contributed by atoms with Crippen LogP contribution in [0.3, 0.4) is 0 Å². The molecule has 1 amide bonds. The summed E-state index contributed by atoms with van der Waals surface area (Å²) in [5, 5.41) is 2.98. The van der Waals surface area contributed by atoms with Gasteiger partial charge in [0.2, 0.25) is 0 Å². The second-order valence-electron chi connectivity index (χ2n) is 3.60. The second-order valence-corrected chi connectivity index (χ2v) is 4.45. The lowest BCUT2D eigenvalue weighted by Gasteiger charge is -2.08. The van der Waals surface area contributed by atoms with Crippen LogP contribution in [0.2, 0.25) is 5.02 Å². The summed E-state index contributed by atoms with van der Waals surface area (Å²) < 4.78 is 0. The molecule has 1 aromatic heterocycles. The molecule has 0 saturated heterocycles. The molecule has 7 heteroatoms. The van der Waals surface area contributed by atoms with Crippen molar-refractivity contribution in [3.05, 3.63) is 53.1 Å². The maximum atomic E-state index is 11.9.